The molecule has 0 unspecified atom stereocenters. The molecule has 0 aromatic heterocycles. The van der Waals surface area contributed by atoms with Crippen LogP contribution in [0.5, 0.6) is 0 Å². The largest absolute Gasteiger partial charge is 0.451 e. The molecule has 0 N–H and O–H groups in total. The van der Waals surface area contributed by atoms with Crippen molar-refractivity contribution in [2.24, 2.45) is 0 Å². The topological polar surface area (TPSA) is 26.3 Å². The maximum atomic E-state index is 11.8. The number of hydrogen-bond donors (Lipinski definition) is 0. The molecule has 0 aromatic carbocycles. The van der Waals surface area contributed by atoms with Gasteiger partial charge in [0.15, 0.2) is 0 Å². The van der Waals surface area contributed by atoms with Crippen molar-refractivity contribution in [1.29, 1.82) is 0 Å². The van der Waals surface area contributed by atoms with Crippen LogP contribution >= 0.6 is 0 Å². The van der Waals surface area contributed by atoms with E-state index in [2.05, 4.69) is 0 Å². The van der Waals surface area contributed by atoms with Crippen LogP contribution < -0.4 is 0 Å². The van der Waals surface area contributed by atoms with Crippen molar-refractivity contribution < 1.29 is 9.53 Å². The Morgan fingerprint density at radius 1 is 0.933 bits per heavy atom. The molecule has 0 radical (unpaired) electrons. The number of carbonyl (C=O) groups is 1. The Balaban J connectivity index is 1.97. The summed E-state index contributed by atoms with van der Waals surface area (Å²) in [6, 6.07) is 0. The third-order valence-electron chi connectivity index (χ3n) is 4.21. The summed E-state index contributed by atoms with van der Waals surface area (Å²) in [7, 11) is 0. The van der Waals surface area contributed by atoms with Crippen LogP contribution in [0.25, 0.3) is 0 Å². The average Bonchev–Trinajstić information content (AvgIpc) is 2.55. The van der Waals surface area contributed by atoms with E-state index in [9.17, 15) is 4.79 Å². The van der Waals surface area contributed by atoms with Gasteiger partial charge in [-0.3, -0.25) is 0 Å². The minimum atomic E-state index is -0.134. The molecule has 3 aliphatic rings. The number of hydrogen-bond acceptors (Lipinski definition) is 2. The standard InChI is InChI=1S/C13H18O2/c14-12-10-6-2-3-7-11(10)13(15-12)8-4-1-5-9-13/h1-9H2. The predicted octanol–water partition coefficient (Wildman–Crippen LogP) is 3.12. The molecular weight excluding hydrogens is 188 g/mol. The lowest BCUT2D eigenvalue weighted by molar-refractivity contribution is -0.149. The molecule has 2 heteroatoms. The molecule has 0 saturated heterocycles. The van der Waals surface area contributed by atoms with Crippen molar-refractivity contribution in [3.63, 3.8) is 0 Å². The molecule has 1 spiro atoms. The summed E-state index contributed by atoms with van der Waals surface area (Å²) >= 11 is 0. The fourth-order valence-electron chi connectivity index (χ4n) is 3.46. The van der Waals surface area contributed by atoms with Crippen LogP contribution in [-0.4, -0.2) is 11.6 Å². The molecule has 1 fully saturated rings. The highest BCUT2D eigenvalue weighted by Crippen LogP contribution is 2.48. The van der Waals surface area contributed by atoms with Crippen LogP contribution in [0.15, 0.2) is 11.1 Å². The van der Waals surface area contributed by atoms with Crippen LogP contribution in [0.1, 0.15) is 57.8 Å². The normalized spacial score (nSPS) is 29.2. The molecule has 1 aliphatic heterocycles. The first-order valence-electron chi connectivity index (χ1n) is 6.28. The van der Waals surface area contributed by atoms with Gasteiger partial charge >= 0.3 is 5.97 Å². The van der Waals surface area contributed by atoms with Crippen LogP contribution in [0.4, 0.5) is 0 Å². The van der Waals surface area contributed by atoms with E-state index in [0.29, 0.717) is 0 Å². The lowest BCUT2D eigenvalue weighted by Crippen LogP contribution is -2.34. The molecule has 0 aromatic rings. The summed E-state index contributed by atoms with van der Waals surface area (Å²) in [6.45, 7) is 0. The number of ether oxygens (including phenoxy) is 1. The summed E-state index contributed by atoms with van der Waals surface area (Å²) in [5.74, 6) is 0.00611. The van der Waals surface area contributed by atoms with Gasteiger partial charge in [0.1, 0.15) is 5.60 Å². The molecule has 2 aliphatic carbocycles. The quantitative estimate of drug-likeness (QED) is 0.569. The van der Waals surface area contributed by atoms with Crippen molar-refractivity contribution >= 4 is 5.97 Å². The highest BCUT2D eigenvalue weighted by Gasteiger charge is 2.47. The van der Waals surface area contributed by atoms with Gasteiger partial charge in [0.05, 0.1) is 0 Å². The molecule has 2 nitrogen and oxygen atoms in total. The molecule has 1 heterocycles. The van der Waals surface area contributed by atoms with E-state index in [1.807, 2.05) is 0 Å². The highest BCUT2D eigenvalue weighted by molar-refractivity contribution is 5.93. The van der Waals surface area contributed by atoms with Crippen molar-refractivity contribution in [3.8, 4) is 0 Å². The zero-order valence-electron chi connectivity index (χ0n) is 9.18. The van der Waals surface area contributed by atoms with Crippen molar-refractivity contribution in [3.05, 3.63) is 11.1 Å². The summed E-state index contributed by atoms with van der Waals surface area (Å²) in [5.41, 5.74) is 2.30. The number of fused-ring (bicyclic) bond motifs is 1. The van der Waals surface area contributed by atoms with E-state index in [1.54, 1.807) is 0 Å². The van der Waals surface area contributed by atoms with Crippen molar-refractivity contribution in [1.82, 2.24) is 0 Å². The van der Waals surface area contributed by atoms with E-state index in [4.69, 9.17) is 4.74 Å². The second kappa shape index (κ2) is 3.36. The Kier molecular flexibility index (Phi) is 2.11. The predicted molar refractivity (Wildman–Crippen MR) is 57.4 cm³/mol. The fourth-order valence-corrected chi connectivity index (χ4v) is 3.46. The van der Waals surface area contributed by atoms with Gasteiger partial charge in [-0.1, -0.05) is 6.42 Å². The Hall–Kier alpha value is -0.790. The van der Waals surface area contributed by atoms with Crippen LogP contribution in [0, 0.1) is 0 Å². The summed E-state index contributed by atoms with van der Waals surface area (Å²) < 4.78 is 5.72. The van der Waals surface area contributed by atoms with Gasteiger partial charge in [-0.05, 0) is 56.9 Å². The van der Waals surface area contributed by atoms with Gasteiger partial charge in [-0.25, -0.2) is 4.79 Å². The van der Waals surface area contributed by atoms with Crippen LogP contribution in [0.3, 0.4) is 0 Å². The minimum absolute atomic E-state index is 0.00611. The zero-order chi connectivity index (χ0) is 10.3. The Bertz CT molecular complexity index is 321. The van der Waals surface area contributed by atoms with Crippen LogP contribution in [-0.2, 0) is 9.53 Å². The first kappa shape index (κ1) is 9.44. The van der Waals surface area contributed by atoms with E-state index >= 15 is 0 Å². The molecule has 1 saturated carbocycles. The molecule has 0 bridgehead atoms. The van der Waals surface area contributed by atoms with E-state index in [1.165, 1.54) is 37.7 Å². The van der Waals surface area contributed by atoms with Crippen molar-refractivity contribution in [2.75, 3.05) is 0 Å². The van der Waals surface area contributed by atoms with Gasteiger partial charge in [-0.2, -0.15) is 0 Å². The second-order valence-electron chi connectivity index (χ2n) is 5.11. The highest BCUT2D eigenvalue weighted by atomic mass is 16.6. The number of carbonyl (C=O) groups excluding carboxylic acids is 1. The fraction of sp³-hybridized carbons (Fsp3) is 0.769. The Morgan fingerprint density at radius 2 is 1.67 bits per heavy atom. The third kappa shape index (κ3) is 1.34. The van der Waals surface area contributed by atoms with Crippen molar-refractivity contribution in [2.45, 2.75) is 63.4 Å². The van der Waals surface area contributed by atoms with Gasteiger partial charge in [0.25, 0.3) is 0 Å². The SMILES string of the molecule is O=C1OC2(CCCCC2)C2=C1CCCC2. The lowest BCUT2D eigenvalue weighted by Gasteiger charge is -2.35. The summed E-state index contributed by atoms with van der Waals surface area (Å²) in [5, 5.41) is 0. The molecule has 82 valence electrons. The monoisotopic (exact) mass is 206 g/mol. The van der Waals surface area contributed by atoms with E-state index < -0.39 is 0 Å². The second-order valence-corrected chi connectivity index (χ2v) is 5.11. The molecule has 0 atom stereocenters. The minimum Gasteiger partial charge on any atom is -0.451 e. The molecule has 0 amide bonds. The average molecular weight is 206 g/mol. The van der Waals surface area contributed by atoms with E-state index in [0.717, 1.165) is 31.3 Å². The summed E-state index contributed by atoms with van der Waals surface area (Å²) in [6.07, 6.45) is 10.4. The third-order valence-corrected chi connectivity index (χ3v) is 4.21. The summed E-state index contributed by atoms with van der Waals surface area (Å²) in [4.78, 5) is 11.8. The maximum Gasteiger partial charge on any atom is 0.334 e. The molecular formula is C13H18O2. The first-order valence-corrected chi connectivity index (χ1v) is 6.28. The first-order chi connectivity index (χ1) is 7.32. The van der Waals surface area contributed by atoms with Gasteiger partial charge in [0.2, 0.25) is 0 Å². The maximum absolute atomic E-state index is 11.8. The van der Waals surface area contributed by atoms with Gasteiger partial charge in [0, 0.05) is 5.57 Å². The number of rotatable bonds is 0. The van der Waals surface area contributed by atoms with Gasteiger partial charge < -0.3 is 4.74 Å². The Labute approximate surface area is 90.7 Å². The van der Waals surface area contributed by atoms with Gasteiger partial charge in [-0.15, -0.1) is 0 Å². The number of esters is 1. The van der Waals surface area contributed by atoms with E-state index in [-0.39, 0.29) is 11.6 Å². The smallest absolute Gasteiger partial charge is 0.334 e. The zero-order valence-corrected chi connectivity index (χ0v) is 9.18. The molecule has 3 rings (SSSR count). The lowest BCUT2D eigenvalue weighted by atomic mass is 9.75. The Morgan fingerprint density at radius 3 is 2.47 bits per heavy atom. The van der Waals surface area contributed by atoms with Crippen LogP contribution in [0.2, 0.25) is 0 Å². The molecule has 15 heavy (non-hydrogen) atoms.